The lowest BCUT2D eigenvalue weighted by atomic mass is 9.65. The van der Waals surface area contributed by atoms with E-state index in [-0.39, 0.29) is 42.9 Å². The van der Waals surface area contributed by atoms with Crippen LogP contribution in [0.5, 0.6) is 11.5 Å². The Labute approximate surface area is 303 Å². The summed E-state index contributed by atoms with van der Waals surface area (Å²) in [6.07, 6.45) is 14.1. The summed E-state index contributed by atoms with van der Waals surface area (Å²) in [6.45, 7) is 4.56. The summed E-state index contributed by atoms with van der Waals surface area (Å²) in [6, 6.07) is 9.58. The fraction of sp³-hybridized carbons (Fsp3) is 0.667. The van der Waals surface area contributed by atoms with Gasteiger partial charge < -0.3 is 45.0 Å². The van der Waals surface area contributed by atoms with Crippen LogP contribution < -0.4 is 10.1 Å². The third-order valence-corrected chi connectivity index (χ3v) is 12.4. The van der Waals surface area contributed by atoms with Crippen LogP contribution in [-0.4, -0.2) is 62.4 Å². The van der Waals surface area contributed by atoms with Gasteiger partial charge in [-0.2, -0.15) is 0 Å². The number of ether oxygens (including phenoxy) is 1. The molecular formula is C42H62N2O7. The second-order valence-corrected chi connectivity index (χ2v) is 15.9. The first kappa shape index (κ1) is 37.9. The molecule has 9 heteroatoms. The molecule has 0 unspecified atom stereocenters. The molecule has 2 fully saturated rings. The molecule has 0 bridgehead atoms. The Morgan fingerprint density at radius 1 is 1.02 bits per heavy atom. The molecule has 3 aromatic rings. The first-order chi connectivity index (χ1) is 24.7. The van der Waals surface area contributed by atoms with E-state index >= 15 is 0 Å². The number of fused-ring (bicyclic) bond motifs is 3. The minimum absolute atomic E-state index is 0.00861. The van der Waals surface area contributed by atoms with Crippen molar-refractivity contribution in [2.24, 2.45) is 17.3 Å². The minimum Gasteiger partial charge on any atom is -0.504 e. The van der Waals surface area contributed by atoms with E-state index in [2.05, 4.69) is 23.3 Å². The lowest BCUT2D eigenvalue weighted by molar-refractivity contribution is 0.0987. The van der Waals surface area contributed by atoms with Gasteiger partial charge in [-0.05, 0) is 117 Å². The van der Waals surface area contributed by atoms with Gasteiger partial charge in [0.2, 0.25) is 0 Å². The fourth-order valence-corrected chi connectivity index (χ4v) is 9.93. The number of H-pyrrole nitrogens is 1. The molecule has 0 aliphatic heterocycles. The maximum absolute atomic E-state index is 11.6. The second-order valence-electron chi connectivity index (χ2n) is 15.9. The average Bonchev–Trinajstić information content (AvgIpc) is 3.94. The lowest BCUT2D eigenvalue weighted by Gasteiger charge is -2.41. The summed E-state index contributed by atoms with van der Waals surface area (Å²) in [4.78, 5) is 3.70. The molecule has 282 valence electrons. The minimum atomic E-state index is -0.914. The molecule has 2 aromatic heterocycles. The van der Waals surface area contributed by atoms with Crippen LogP contribution in [0, 0.1) is 17.3 Å². The highest BCUT2D eigenvalue weighted by Gasteiger charge is 2.53. The Hall–Kier alpha value is -2.82. The highest BCUT2D eigenvalue weighted by Crippen LogP contribution is 2.61. The molecule has 6 atom stereocenters. The molecule has 0 saturated heterocycles. The van der Waals surface area contributed by atoms with Gasteiger partial charge in [-0.15, -0.1) is 0 Å². The number of aromatic hydroxyl groups is 1. The number of nitrogens with one attached hydrogen (secondary N) is 2. The van der Waals surface area contributed by atoms with E-state index in [1.807, 2.05) is 25.1 Å². The van der Waals surface area contributed by atoms with E-state index in [0.717, 1.165) is 60.4 Å². The van der Waals surface area contributed by atoms with Crippen molar-refractivity contribution in [1.82, 2.24) is 10.3 Å². The molecule has 9 nitrogen and oxygen atoms in total. The van der Waals surface area contributed by atoms with Gasteiger partial charge in [-0.1, -0.05) is 38.7 Å². The van der Waals surface area contributed by atoms with Crippen LogP contribution in [0.25, 0.3) is 0 Å². The van der Waals surface area contributed by atoms with Gasteiger partial charge in [0.15, 0.2) is 11.5 Å². The van der Waals surface area contributed by atoms with Gasteiger partial charge >= 0.3 is 0 Å². The van der Waals surface area contributed by atoms with Crippen molar-refractivity contribution in [3.63, 3.8) is 0 Å². The highest BCUT2D eigenvalue weighted by atomic mass is 16.5. The zero-order valence-corrected chi connectivity index (χ0v) is 30.8. The van der Waals surface area contributed by atoms with E-state index in [4.69, 9.17) is 9.15 Å². The third kappa shape index (κ3) is 8.71. The van der Waals surface area contributed by atoms with Gasteiger partial charge in [-0.3, -0.25) is 0 Å². The molecule has 0 radical (unpaired) electrons. The first-order valence-corrected chi connectivity index (χ1v) is 19.8. The summed E-state index contributed by atoms with van der Waals surface area (Å²) in [5, 5.41) is 55.8. The summed E-state index contributed by atoms with van der Waals surface area (Å²) in [7, 11) is 0. The Balaban J connectivity index is 1.19. The van der Waals surface area contributed by atoms with Gasteiger partial charge in [0.1, 0.15) is 24.2 Å². The monoisotopic (exact) mass is 706 g/mol. The SMILES string of the molecule is CCCCc1oc(CCc2ccc(O)c(OC[C@H](O)c3cc4c([nH]3)CC3(CCCC3)[C@H]3CCC[C@H]3[C@H]4[C@H](CCCO)NC[C@H](C)O)c2)cc1CO. The van der Waals surface area contributed by atoms with Crippen molar-refractivity contribution in [3.8, 4) is 11.5 Å². The number of hydrogen-bond acceptors (Lipinski definition) is 8. The molecule has 51 heavy (non-hydrogen) atoms. The first-order valence-electron chi connectivity index (χ1n) is 19.8. The Morgan fingerprint density at radius 3 is 2.59 bits per heavy atom. The normalized spacial score (nSPS) is 22.8. The van der Waals surface area contributed by atoms with Crippen molar-refractivity contribution in [3.05, 3.63) is 69.9 Å². The van der Waals surface area contributed by atoms with Gasteiger partial charge in [-0.25, -0.2) is 0 Å². The predicted octanol–water partition coefficient (Wildman–Crippen LogP) is 6.77. The van der Waals surface area contributed by atoms with Crippen LogP contribution in [0.15, 0.2) is 34.7 Å². The topological polar surface area (TPSA) is 151 Å². The number of aliphatic hydroxyl groups excluding tert-OH is 4. The molecular weight excluding hydrogens is 644 g/mol. The maximum atomic E-state index is 11.6. The number of aliphatic hydroxyl groups is 4. The molecule has 6 rings (SSSR count). The van der Waals surface area contributed by atoms with Crippen molar-refractivity contribution >= 4 is 0 Å². The molecule has 3 aliphatic carbocycles. The van der Waals surface area contributed by atoms with Crippen LogP contribution in [-0.2, 0) is 32.3 Å². The molecule has 2 saturated carbocycles. The molecule has 2 heterocycles. The fourth-order valence-electron chi connectivity index (χ4n) is 9.93. The highest BCUT2D eigenvalue weighted by molar-refractivity contribution is 5.42. The summed E-state index contributed by atoms with van der Waals surface area (Å²) >= 11 is 0. The van der Waals surface area contributed by atoms with E-state index in [1.165, 1.54) is 56.2 Å². The number of aromatic nitrogens is 1. The third-order valence-electron chi connectivity index (χ3n) is 12.4. The number of phenolic OH excluding ortho intramolecular Hbond substituents is 1. The summed E-state index contributed by atoms with van der Waals surface area (Å²) in [5.74, 6) is 3.47. The van der Waals surface area contributed by atoms with Crippen molar-refractivity contribution in [2.45, 2.75) is 141 Å². The van der Waals surface area contributed by atoms with Crippen LogP contribution in [0.3, 0.4) is 0 Å². The Bertz CT molecular complexity index is 1540. The number of rotatable bonds is 18. The molecule has 1 aromatic carbocycles. The summed E-state index contributed by atoms with van der Waals surface area (Å²) < 4.78 is 12.2. The second kappa shape index (κ2) is 17.3. The standard InChI is InChI=1S/C42H62N2O7/c1-3-4-12-39-29(25-46)21-30(51-39)15-13-28-14-16-37(48)40(20-28)50-26-38(49)35-22-32-36(44-35)23-42(17-5-6-18-42)33-10-7-9-31(33)41(32)34(11-8-19-45)43-24-27(2)47/h14,16,20-22,27,31,33-34,38,41,43-49H,3-13,15,17-19,23-26H2,1-2H3/t27-,31+,33-,34-,38-,41+/m0/s1. The molecule has 3 aliphatic rings. The maximum Gasteiger partial charge on any atom is 0.161 e. The van der Waals surface area contributed by atoms with Gasteiger partial charge in [0.05, 0.1) is 12.7 Å². The van der Waals surface area contributed by atoms with Crippen LogP contribution >= 0.6 is 0 Å². The zero-order chi connectivity index (χ0) is 36.0. The van der Waals surface area contributed by atoms with Crippen LogP contribution in [0.1, 0.15) is 136 Å². The number of hydrogen-bond donors (Lipinski definition) is 7. The van der Waals surface area contributed by atoms with Crippen molar-refractivity contribution in [2.75, 3.05) is 19.8 Å². The van der Waals surface area contributed by atoms with Crippen LogP contribution in [0.2, 0.25) is 0 Å². The van der Waals surface area contributed by atoms with E-state index in [9.17, 15) is 25.5 Å². The Morgan fingerprint density at radius 2 is 1.84 bits per heavy atom. The number of phenols is 1. The van der Waals surface area contributed by atoms with Gasteiger partial charge in [0, 0.05) is 54.9 Å². The van der Waals surface area contributed by atoms with Crippen LogP contribution in [0.4, 0.5) is 0 Å². The zero-order valence-electron chi connectivity index (χ0n) is 30.8. The smallest absolute Gasteiger partial charge is 0.161 e. The Kier molecular flexibility index (Phi) is 12.9. The van der Waals surface area contributed by atoms with Crippen molar-refractivity contribution < 1.29 is 34.7 Å². The largest absolute Gasteiger partial charge is 0.504 e. The molecule has 7 N–H and O–H groups in total. The van der Waals surface area contributed by atoms with E-state index in [0.29, 0.717) is 43.4 Å². The number of furan rings is 1. The number of aromatic amines is 1. The van der Waals surface area contributed by atoms with Gasteiger partial charge in [0.25, 0.3) is 0 Å². The summed E-state index contributed by atoms with van der Waals surface area (Å²) in [5.41, 5.74) is 5.35. The number of benzene rings is 1. The van der Waals surface area contributed by atoms with E-state index in [1.54, 1.807) is 6.07 Å². The van der Waals surface area contributed by atoms with E-state index < -0.39 is 12.2 Å². The molecule has 0 amide bonds. The average molecular weight is 707 g/mol. The predicted molar refractivity (Wildman–Crippen MR) is 198 cm³/mol. The molecule has 1 spiro atoms. The number of aryl methyl sites for hydroxylation is 3. The van der Waals surface area contributed by atoms with Crippen molar-refractivity contribution in [1.29, 1.82) is 0 Å². The lowest BCUT2D eigenvalue weighted by Crippen LogP contribution is -2.43. The number of unbranched alkanes of at least 4 members (excludes halogenated alkanes) is 1. The quantitative estimate of drug-likeness (QED) is 0.0766.